The van der Waals surface area contributed by atoms with Crippen LogP contribution in [-0.4, -0.2) is 36.2 Å². The Balaban J connectivity index is 3.50. The predicted octanol–water partition coefficient (Wildman–Crippen LogP) is 0.322. The number of nitrogens with zero attached hydrogens (tertiary/aromatic N) is 1. The molecule has 0 aliphatic heterocycles. The summed E-state index contributed by atoms with van der Waals surface area (Å²) in [5.74, 6) is 2.55. The largest absolute Gasteiger partial charge is 0.396 e. The van der Waals surface area contributed by atoms with Crippen LogP contribution in [0.5, 0.6) is 0 Å². The molecular weight excluding hydrogens is 126 g/mol. The predicted molar refractivity (Wildman–Crippen MR) is 42.6 cm³/mol. The molecule has 0 radical (unpaired) electrons. The number of hydrogen-bond donors (Lipinski definition) is 1. The minimum atomic E-state index is 0.232. The minimum Gasteiger partial charge on any atom is -0.396 e. The molecule has 10 heavy (non-hydrogen) atoms. The van der Waals surface area contributed by atoms with Crippen LogP contribution in [0.25, 0.3) is 0 Å². The van der Waals surface area contributed by atoms with Crippen LogP contribution in [-0.2, 0) is 0 Å². The van der Waals surface area contributed by atoms with Gasteiger partial charge in [-0.25, -0.2) is 0 Å². The lowest BCUT2D eigenvalue weighted by atomic mass is 10.2. The van der Waals surface area contributed by atoms with Crippen molar-refractivity contribution >= 4 is 0 Å². The molecule has 1 N–H and O–H groups in total. The first-order valence-corrected chi connectivity index (χ1v) is 3.47. The van der Waals surface area contributed by atoms with Crippen molar-refractivity contribution < 1.29 is 5.11 Å². The highest BCUT2D eigenvalue weighted by atomic mass is 16.3. The molecule has 0 amide bonds. The molecule has 2 nitrogen and oxygen atoms in total. The highest BCUT2D eigenvalue weighted by Gasteiger charge is 2.05. The van der Waals surface area contributed by atoms with Crippen molar-refractivity contribution in [3.63, 3.8) is 0 Å². The number of terminal acetylenes is 1. The van der Waals surface area contributed by atoms with Crippen molar-refractivity contribution in [1.82, 2.24) is 4.90 Å². The van der Waals surface area contributed by atoms with Gasteiger partial charge in [-0.2, -0.15) is 0 Å². The summed E-state index contributed by atoms with van der Waals surface area (Å²) in [5, 5.41) is 8.58. The molecule has 0 unspecified atom stereocenters. The zero-order valence-electron chi connectivity index (χ0n) is 6.67. The lowest BCUT2D eigenvalue weighted by Crippen LogP contribution is -2.29. The van der Waals surface area contributed by atoms with E-state index in [2.05, 4.69) is 5.92 Å². The Kier molecular flexibility index (Phi) is 5.00. The fourth-order valence-electron chi connectivity index (χ4n) is 0.707. The Hall–Kier alpha value is -0.520. The van der Waals surface area contributed by atoms with Gasteiger partial charge >= 0.3 is 0 Å². The number of aliphatic hydroxyl groups is 1. The van der Waals surface area contributed by atoms with E-state index >= 15 is 0 Å². The van der Waals surface area contributed by atoms with E-state index in [1.54, 1.807) is 0 Å². The first-order chi connectivity index (χ1) is 4.72. The van der Waals surface area contributed by atoms with Gasteiger partial charge in [0.05, 0.1) is 6.54 Å². The number of aliphatic hydroxyl groups excluding tert-OH is 1. The first kappa shape index (κ1) is 9.48. The van der Waals surface area contributed by atoms with E-state index in [4.69, 9.17) is 11.5 Å². The number of hydrogen-bond acceptors (Lipinski definition) is 2. The van der Waals surface area contributed by atoms with Crippen LogP contribution in [0.3, 0.4) is 0 Å². The molecule has 0 aromatic heterocycles. The van der Waals surface area contributed by atoms with E-state index in [-0.39, 0.29) is 6.61 Å². The summed E-state index contributed by atoms with van der Waals surface area (Å²) >= 11 is 0. The Bertz CT molecular complexity index is 117. The van der Waals surface area contributed by atoms with Crippen LogP contribution in [0.1, 0.15) is 13.3 Å². The van der Waals surface area contributed by atoms with Crippen LogP contribution in [0.15, 0.2) is 0 Å². The molecule has 0 spiro atoms. The third-order valence-electron chi connectivity index (χ3n) is 1.64. The van der Waals surface area contributed by atoms with Crippen molar-refractivity contribution in [3.8, 4) is 12.3 Å². The van der Waals surface area contributed by atoms with Gasteiger partial charge in [0.15, 0.2) is 0 Å². The average molecular weight is 141 g/mol. The molecule has 1 atom stereocenters. The topological polar surface area (TPSA) is 23.5 Å². The quantitative estimate of drug-likeness (QED) is 0.570. The second-order valence-corrected chi connectivity index (χ2v) is 2.48. The SMILES string of the molecule is C#CCN(C)[C@@H](C)CCO. The van der Waals surface area contributed by atoms with E-state index in [1.165, 1.54) is 0 Å². The lowest BCUT2D eigenvalue weighted by molar-refractivity contribution is 0.210. The Labute approximate surface area is 62.8 Å². The molecule has 0 heterocycles. The third-order valence-corrected chi connectivity index (χ3v) is 1.64. The van der Waals surface area contributed by atoms with Gasteiger partial charge in [-0.3, -0.25) is 4.90 Å². The van der Waals surface area contributed by atoms with Crippen molar-refractivity contribution in [3.05, 3.63) is 0 Å². The van der Waals surface area contributed by atoms with Gasteiger partial charge in [-0.05, 0) is 20.4 Å². The zero-order chi connectivity index (χ0) is 7.98. The fraction of sp³-hybridized carbons (Fsp3) is 0.750. The Morgan fingerprint density at radius 1 is 1.70 bits per heavy atom. The Morgan fingerprint density at radius 2 is 2.30 bits per heavy atom. The smallest absolute Gasteiger partial charge is 0.0598 e. The van der Waals surface area contributed by atoms with Crippen LogP contribution in [0.4, 0.5) is 0 Å². The zero-order valence-corrected chi connectivity index (χ0v) is 6.67. The van der Waals surface area contributed by atoms with Crippen molar-refractivity contribution in [2.75, 3.05) is 20.2 Å². The maximum atomic E-state index is 8.58. The molecular formula is C8H15NO. The lowest BCUT2D eigenvalue weighted by Gasteiger charge is -2.20. The van der Waals surface area contributed by atoms with Crippen LogP contribution >= 0.6 is 0 Å². The van der Waals surface area contributed by atoms with Crippen LogP contribution < -0.4 is 0 Å². The average Bonchev–Trinajstić information content (AvgIpc) is 1.89. The maximum absolute atomic E-state index is 8.58. The molecule has 2 heteroatoms. The molecule has 0 saturated heterocycles. The van der Waals surface area contributed by atoms with Crippen molar-refractivity contribution in [2.45, 2.75) is 19.4 Å². The normalized spacial score (nSPS) is 13.1. The summed E-state index contributed by atoms with van der Waals surface area (Å²) in [6, 6.07) is 0.376. The van der Waals surface area contributed by atoms with Crippen LogP contribution in [0.2, 0.25) is 0 Å². The summed E-state index contributed by atoms with van der Waals surface area (Å²) in [4.78, 5) is 2.04. The van der Waals surface area contributed by atoms with Crippen molar-refractivity contribution in [2.24, 2.45) is 0 Å². The summed E-state index contributed by atoms with van der Waals surface area (Å²) in [7, 11) is 1.96. The second kappa shape index (κ2) is 5.28. The van der Waals surface area contributed by atoms with Gasteiger partial charge in [0.2, 0.25) is 0 Å². The summed E-state index contributed by atoms with van der Waals surface area (Å²) in [5.41, 5.74) is 0. The third kappa shape index (κ3) is 3.49. The molecule has 0 bridgehead atoms. The first-order valence-electron chi connectivity index (χ1n) is 3.47. The molecule has 0 aliphatic rings. The van der Waals surface area contributed by atoms with Gasteiger partial charge in [-0.15, -0.1) is 6.42 Å². The standard InChI is InChI=1S/C8H15NO/c1-4-6-9(3)8(2)5-7-10/h1,8,10H,5-7H2,2-3H3/t8-/m0/s1. The molecule has 0 saturated carbocycles. The van der Waals surface area contributed by atoms with E-state index in [0.717, 1.165) is 6.42 Å². The van der Waals surface area contributed by atoms with Gasteiger partial charge in [0.25, 0.3) is 0 Å². The molecule has 0 rings (SSSR count). The summed E-state index contributed by atoms with van der Waals surface area (Å²) in [6.45, 7) is 2.94. The van der Waals surface area contributed by atoms with Crippen LogP contribution in [0, 0.1) is 12.3 Å². The van der Waals surface area contributed by atoms with E-state index in [1.807, 2.05) is 18.9 Å². The Morgan fingerprint density at radius 3 is 2.70 bits per heavy atom. The highest BCUT2D eigenvalue weighted by molar-refractivity contribution is 4.88. The molecule has 0 fully saturated rings. The van der Waals surface area contributed by atoms with Crippen molar-refractivity contribution in [1.29, 1.82) is 0 Å². The maximum Gasteiger partial charge on any atom is 0.0598 e. The highest BCUT2D eigenvalue weighted by Crippen LogP contribution is 1.97. The van der Waals surface area contributed by atoms with E-state index in [0.29, 0.717) is 12.6 Å². The molecule has 0 aliphatic carbocycles. The van der Waals surface area contributed by atoms with Gasteiger partial charge in [0, 0.05) is 12.6 Å². The molecule has 0 aromatic rings. The van der Waals surface area contributed by atoms with Gasteiger partial charge in [0.1, 0.15) is 0 Å². The fourth-order valence-corrected chi connectivity index (χ4v) is 0.707. The second-order valence-electron chi connectivity index (χ2n) is 2.48. The molecule has 0 aromatic carbocycles. The monoisotopic (exact) mass is 141 g/mol. The molecule has 58 valence electrons. The number of rotatable bonds is 4. The van der Waals surface area contributed by atoms with E-state index < -0.39 is 0 Å². The van der Waals surface area contributed by atoms with Gasteiger partial charge < -0.3 is 5.11 Å². The summed E-state index contributed by atoms with van der Waals surface area (Å²) in [6.07, 6.45) is 5.90. The summed E-state index contributed by atoms with van der Waals surface area (Å²) < 4.78 is 0. The minimum absolute atomic E-state index is 0.232. The van der Waals surface area contributed by atoms with E-state index in [9.17, 15) is 0 Å². The van der Waals surface area contributed by atoms with Gasteiger partial charge in [-0.1, -0.05) is 5.92 Å².